The van der Waals surface area contributed by atoms with Crippen molar-refractivity contribution in [2.75, 3.05) is 0 Å². The topological polar surface area (TPSA) is 40.5 Å². The molecule has 0 aliphatic carbocycles. The number of hydrogen-bond donors (Lipinski definition) is 2. The standard InChI is InChI=1S/C10H18O2/c1-4-9(10(11)12)7-5-6-8(2)3/h4,6,10-12H,5,7H2,1-3H3/b9-4+. The molecule has 0 rings (SSSR count). The molecule has 0 saturated carbocycles. The predicted molar refractivity (Wildman–Crippen MR) is 50.6 cm³/mol. The van der Waals surface area contributed by atoms with Crippen LogP contribution in [0.5, 0.6) is 0 Å². The zero-order valence-electron chi connectivity index (χ0n) is 8.04. The Balaban J connectivity index is 3.84. The van der Waals surface area contributed by atoms with E-state index < -0.39 is 6.29 Å². The van der Waals surface area contributed by atoms with Crippen molar-refractivity contribution >= 4 is 0 Å². The Hall–Kier alpha value is -0.600. The molecular weight excluding hydrogens is 152 g/mol. The Kier molecular flexibility index (Phi) is 5.68. The molecule has 70 valence electrons. The zero-order chi connectivity index (χ0) is 9.56. The maximum atomic E-state index is 8.84. The quantitative estimate of drug-likeness (QED) is 0.500. The van der Waals surface area contributed by atoms with E-state index in [4.69, 9.17) is 10.2 Å². The van der Waals surface area contributed by atoms with Gasteiger partial charge < -0.3 is 10.2 Å². The van der Waals surface area contributed by atoms with Crippen LogP contribution in [-0.2, 0) is 0 Å². The van der Waals surface area contributed by atoms with Crippen LogP contribution < -0.4 is 0 Å². The zero-order valence-corrected chi connectivity index (χ0v) is 8.04. The summed E-state index contributed by atoms with van der Waals surface area (Å²) in [6.07, 6.45) is 4.15. The van der Waals surface area contributed by atoms with E-state index in [1.54, 1.807) is 6.08 Å². The maximum absolute atomic E-state index is 8.84. The first-order valence-corrected chi connectivity index (χ1v) is 4.22. The van der Waals surface area contributed by atoms with Crippen molar-refractivity contribution in [1.29, 1.82) is 0 Å². The molecule has 0 heterocycles. The van der Waals surface area contributed by atoms with E-state index in [0.29, 0.717) is 5.57 Å². The van der Waals surface area contributed by atoms with Gasteiger partial charge in [-0.05, 0) is 39.2 Å². The van der Waals surface area contributed by atoms with Crippen LogP contribution in [0.1, 0.15) is 33.6 Å². The van der Waals surface area contributed by atoms with E-state index in [0.717, 1.165) is 12.8 Å². The molecular formula is C10H18O2. The molecule has 0 spiro atoms. The highest BCUT2D eigenvalue weighted by Crippen LogP contribution is 2.09. The lowest BCUT2D eigenvalue weighted by Gasteiger charge is -2.06. The summed E-state index contributed by atoms with van der Waals surface area (Å²) in [6, 6.07) is 0. The molecule has 0 atom stereocenters. The average Bonchev–Trinajstić information content (AvgIpc) is 1.96. The van der Waals surface area contributed by atoms with Crippen LogP contribution in [0.15, 0.2) is 23.3 Å². The van der Waals surface area contributed by atoms with E-state index in [-0.39, 0.29) is 0 Å². The summed E-state index contributed by atoms with van der Waals surface area (Å²) in [5.74, 6) is 0. The third kappa shape index (κ3) is 5.10. The van der Waals surface area contributed by atoms with Gasteiger partial charge in [-0.15, -0.1) is 0 Å². The predicted octanol–water partition coefficient (Wildman–Crippen LogP) is 1.99. The van der Waals surface area contributed by atoms with Gasteiger partial charge in [0.1, 0.15) is 0 Å². The van der Waals surface area contributed by atoms with E-state index >= 15 is 0 Å². The average molecular weight is 170 g/mol. The smallest absolute Gasteiger partial charge is 0.174 e. The highest BCUT2D eigenvalue weighted by molar-refractivity contribution is 5.05. The van der Waals surface area contributed by atoms with Crippen LogP contribution in [0, 0.1) is 0 Å². The van der Waals surface area contributed by atoms with Crippen molar-refractivity contribution in [3.63, 3.8) is 0 Å². The minimum atomic E-state index is -1.29. The molecule has 0 aliphatic rings. The maximum Gasteiger partial charge on any atom is 0.174 e. The number of hydrogen-bond acceptors (Lipinski definition) is 2. The lowest BCUT2D eigenvalue weighted by Crippen LogP contribution is -2.07. The van der Waals surface area contributed by atoms with Crippen LogP contribution in [0.4, 0.5) is 0 Å². The first-order valence-electron chi connectivity index (χ1n) is 4.22. The molecule has 0 saturated heterocycles. The molecule has 0 aromatic rings. The van der Waals surface area contributed by atoms with Crippen LogP contribution in [0.25, 0.3) is 0 Å². The summed E-state index contributed by atoms with van der Waals surface area (Å²) in [5, 5.41) is 17.7. The van der Waals surface area contributed by atoms with Crippen molar-refractivity contribution in [2.24, 2.45) is 0 Å². The highest BCUT2D eigenvalue weighted by Gasteiger charge is 2.03. The first-order chi connectivity index (χ1) is 5.57. The van der Waals surface area contributed by atoms with Crippen molar-refractivity contribution < 1.29 is 10.2 Å². The fraction of sp³-hybridized carbons (Fsp3) is 0.600. The van der Waals surface area contributed by atoms with Gasteiger partial charge >= 0.3 is 0 Å². The number of allylic oxidation sites excluding steroid dienone is 3. The van der Waals surface area contributed by atoms with Gasteiger partial charge in [0.15, 0.2) is 6.29 Å². The summed E-state index contributed by atoms with van der Waals surface area (Å²) >= 11 is 0. The Bertz CT molecular complexity index is 174. The van der Waals surface area contributed by atoms with Crippen molar-refractivity contribution in [3.8, 4) is 0 Å². The summed E-state index contributed by atoms with van der Waals surface area (Å²) in [4.78, 5) is 0. The molecule has 0 radical (unpaired) electrons. The second-order valence-electron chi connectivity index (χ2n) is 3.06. The largest absolute Gasteiger partial charge is 0.365 e. The Morgan fingerprint density at radius 3 is 2.25 bits per heavy atom. The SMILES string of the molecule is C/C=C(\CCC=C(C)C)C(O)O. The number of aliphatic hydroxyl groups is 2. The lowest BCUT2D eigenvalue weighted by atomic mass is 10.1. The second-order valence-corrected chi connectivity index (χ2v) is 3.06. The van der Waals surface area contributed by atoms with Crippen molar-refractivity contribution in [3.05, 3.63) is 23.3 Å². The fourth-order valence-electron chi connectivity index (χ4n) is 0.950. The minimum Gasteiger partial charge on any atom is -0.365 e. The van der Waals surface area contributed by atoms with Crippen LogP contribution in [-0.4, -0.2) is 16.5 Å². The molecule has 2 heteroatoms. The van der Waals surface area contributed by atoms with Gasteiger partial charge in [-0.2, -0.15) is 0 Å². The molecule has 0 unspecified atom stereocenters. The van der Waals surface area contributed by atoms with Gasteiger partial charge in [-0.25, -0.2) is 0 Å². The number of aliphatic hydroxyl groups excluding tert-OH is 1. The summed E-state index contributed by atoms with van der Waals surface area (Å²) in [5.41, 5.74) is 1.95. The highest BCUT2D eigenvalue weighted by atomic mass is 16.5. The van der Waals surface area contributed by atoms with Crippen molar-refractivity contribution in [1.82, 2.24) is 0 Å². The third-order valence-corrected chi connectivity index (χ3v) is 1.69. The van der Waals surface area contributed by atoms with E-state index in [1.807, 2.05) is 20.8 Å². The van der Waals surface area contributed by atoms with Crippen LogP contribution in [0.3, 0.4) is 0 Å². The molecule has 2 nitrogen and oxygen atoms in total. The molecule has 0 aromatic carbocycles. The normalized spacial score (nSPS) is 12.0. The molecule has 12 heavy (non-hydrogen) atoms. The molecule has 0 bridgehead atoms. The second kappa shape index (κ2) is 5.98. The minimum absolute atomic E-state index is 0.688. The van der Waals surface area contributed by atoms with Crippen LogP contribution >= 0.6 is 0 Å². The molecule has 0 fully saturated rings. The Morgan fingerprint density at radius 1 is 1.33 bits per heavy atom. The van der Waals surface area contributed by atoms with Crippen LogP contribution in [0.2, 0.25) is 0 Å². The van der Waals surface area contributed by atoms with Gasteiger partial charge in [-0.3, -0.25) is 0 Å². The van der Waals surface area contributed by atoms with Gasteiger partial charge in [-0.1, -0.05) is 17.7 Å². The van der Waals surface area contributed by atoms with E-state index in [9.17, 15) is 0 Å². The summed E-state index contributed by atoms with van der Waals surface area (Å²) in [7, 11) is 0. The monoisotopic (exact) mass is 170 g/mol. The first kappa shape index (κ1) is 11.4. The van der Waals surface area contributed by atoms with Crippen molar-refractivity contribution in [2.45, 2.75) is 39.9 Å². The summed E-state index contributed by atoms with van der Waals surface area (Å²) < 4.78 is 0. The Labute approximate surface area is 74.2 Å². The van der Waals surface area contributed by atoms with E-state index in [2.05, 4.69) is 6.08 Å². The molecule has 0 aliphatic heterocycles. The van der Waals surface area contributed by atoms with Gasteiger partial charge in [0.25, 0.3) is 0 Å². The molecule has 0 amide bonds. The molecule has 2 N–H and O–H groups in total. The lowest BCUT2D eigenvalue weighted by molar-refractivity contribution is -0.0102. The van der Waals surface area contributed by atoms with E-state index in [1.165, 1.54) is 5.57 Å². The third-order valence-electron chi connectivity index (χ3n) is 1.69. The Morgan fingerprint density at radius 2 is 1.92 bits per heavy atom. The molecule has 0 aromatic heterocycles. The summed E-state index contributed by atoms with van der Waals surface area (Å²) in [6.45, 7) is 5.88. The number of rotatable bonds is 4. The van der Waals surface area contributed by atoms with Gasteiger partial charge in [0.2, 0.25) is 0 Å². The van der Waals surface area contributed by atoms with Gasteiger partial charge in [0.05, 0.1) is 0 Å². The van der Waals surface area contributed by atoms with Gasteiger partial charge in [0, 0.05) is 0 Å². The fourth-order valence-corrected chi connectivity index (χ4v) is 0.950.